The minimum Gasteiger partial charge on any atom is -0.477 e. The maximum absolute atomic E-state index is 12.7. The van der Waals surface area contributed by atoms with Crippen molar-refractivity contribution in [2.45, 2.75) is 142 Å². The van der Waals surface area contributed by atoms with E-state index in [4.69, 9.17) is 14.2 Å². The quantitative estimate of drug-likeness (QED) is 0.0225. The molecular weight excluding hydrogens is 691 g/mol. The maximum atomic E-state index is 12.7. The molecule has 2 unspecified atom stereocenters. The van der Waals surface area contributed by atoms with Crippen LogP contribution < -0.4 is 0 Å². The van der Waals surface area contributed by atoms with Gasteiger partial charge in [-0.25, -0.2) is 4.79 Å². The van der Waals surface area contributed by atoms with E-state index >= 15 is 0 Å². The summed E-state index contributed by atoms with van der Waals surface area (Å²) in [6, 6.07) is -0.630. The second kappa shape index (κ2) is 37.2. The van der Waals surface area contributed by atoms with E-state index in [1.807, 2.05) is 69.8 Å². The molecule has 8 heteroatoms. The molecule has 1 N–H and O–H groups in total. The standard InChI is InChI=1S/C47H75NO7/c1-6-8-10-12-14-16-18-20-22-24-25-27-29-31-33-35-37-45(49)54-42-43(41-53-40-39-44(47(51)52)48(3,4)5)55-46(50)38-36-34-32-30-28-26-23-21-19-17-15-13-11-9-7-2/h8-11,13-17,19-23,26,28,43-44H,6-7,12,18,24-25,27,29-42H2,1-5H3/p+1/b10-8+,11-9+,15-13+,16-14+,19-17+,22-20+,23-21+,28-26+. The minimum atomic E-state index is -0.890. The lowest BCUT2D eigenvalue weighted by Crippen LogP contribution is -2.50. The Balaban J connectivity index is 4.50. The summed E-state index contributed by atoms with van der Waals surface area (Å²) < 4.78 is 17.2. The van der Waals surface area contributed by atoms with Crippen molar-refractivity contribution in [2.24, 2.45) is 0 Å². The summed E-state index contributed by atoms with van der Waals surface area (Å²) in [5.74, 6) is -1.56. The van der Waals surface area contributed by atoms with E-state index in [1.54, 1.807) is 0 Å². The Morgan fingerprint density at radius 1 is 0.564 bits per heavy atom. The van der Waals surface area contributed by atoms with E-state index in [1.165, 1.54) is 12.8 Å². The molecule has 0 aliphatic carbocycles. The van der Waals surface area contributed by atoms with Gasteiger partial charge in [-0.3, -0.25) is 9.59 Å². The highest BCUT2D eigenvalue weighted by Gasteiger charge is 2.31. The number of hydrogen-bond donors (Lipinski definition) is 1. The van der Waals surface area contributed by atoms with Crippen molar-refractivity contribution >= 4 is 17.9 Å². The number of allylic oxidation sites excluding steroid dienone is 16. The van der Waals surface area contributed by atoms with Crippen molar-refractivity contribution in [1.82, 2.24) is 0 Å². The summed E-state index contributed by atoms with van der Waals surface area (Å²) in [5, 5.41) is 9.61. The molecule has 0 saturated heterocycles. The van der Waals surface area contributed by atoms with Crippen LogP contribution in [-0.2, 0) is 28.6 Å². The Hall–Kier alpha value is -3.75. The zero-order valence-electron chi connectivity index (χ0n) is 35.1. The lowest BCUT2D eigenvalue weighted by molar-refractivity contribution is -0.887. The molecule has 0 aliphatic rings. The van der Waals surface area contributed by atoms with Gasteiger partial charge < -0.3 is 23.8 Å². The van der Waals surface area contributed by atoms with E-state index in [0.717, 1.165) is 77.0 Å². The van der Waals surface area contributed by atoms with Gasteiger partial charge in [0.15, 0.2) is 12.1 Å². The molecule has 0 aromatic heterocycles. The molecule has 0 spiro atoms. The maximum Gasteiger partial charge on any atom is 0.362 e. The van der Waals surface area contributed by atoms with Crippen LogP contribution in [0.1, 0.15) is 129 Å². The van der Waals surface area contributed by atoms with Gasteiger partial charge in [-0.15, -0.1) is 0 Å². The van der Waals surface area contributed by atoms with Gasteiger partial charge in [0, 0.05) is 19.3 Å². The summed E-state index contributed by atoms with van der Waals surface area (Å²) in [6.45, 7) is 4.39. The van der Waals surface area contributed by atoms with Crippen molar-refractivity contribution < 1.29 is 38.2 Å². The number of hydrogen-bond acceptors (Lipinski definition) is 6. The number of unbranched alkanes of at least 4 members (excludes halogenated alkanes) is 9. The number of nitrogens with zero attached hydrogens (tertiary/aromatic N) is 1. The number of carbonyl (C=O) groups excluding carboxylic acids is 2. The predicted octanol–water partition coefficient (Wildman–Crippen LogP) is 11.1. The molecule has 0 bridgehead atoms. The first kappa shape index (κ1) is 51.2. The van der Waals surface area contributed by atoms with Gasteiger partial charge in [-0.2, -0.15) is 0 Å². The SMILES string of the molecule is CC/C=C/C=C/C=C/C=C/C=C/CCCCCC(=O)OC(COCCC(C(=O)O)[N+](C)(C)C)COC(=O)CCCCCCCC/C=C/C/C=C/C/C=C/CC. The lowest BCUT2D eigenvalue weighted by atomic mass is 10.1. The summed E-state index contributed by atoms with van der Waals surface area (Å²) >= 11 is 0. The zero-order chi connectivity index (χ0) is 40.7. The van der Waals surface area contributed by atoms with Crippen LogP contribution in [0.4, 0.5) is 0 Å². The van der Waals surface area contributed by atoms with Crippen LogP contribution in [0.15, 0.2) is 97.2 Å². The molecule has 0 amide bonds. The molecule has 55 heavy (non-hydrogen) atoms. The van der Waals surface area contributed by atoms with E-state index < -0.39 is 18.1 Å². The molecule has 8 nitrogen and oxygen atoms in total. The van der Waals surface area contributed by atoms with Gasteiger partial charge in [-0.1, -0.05) is 143 Å². The normalized spacial score (nSPS) is 14.0. The summed E-state index contributed by atoms with van der Waals surface area (Å²) in [4.78, 5) is 36.9. The number of carboxylic acids is 1. The Kier molecular flexibility index (Phi) is 34.7. The monoisotopic (exact) mass is 767 g/mol. The van der Waals surface area contributed by atoms with Crippen LogP contribution in [0, 0.1) is 0 Å². The molecule has 2 atom stereocenters. The third-order valence-electron chi connectivity index (χ3n) is 8.61. The van der Waals surface area contributed by atoms with Crippen LogP contribution in [0.2, 0.25) is 0 Å². The number of quaternary nitrogens is 1. The second-order valence-electron chi connectivity index (χ2n) is 14.6. The Morgan fingerprint density at radius 2 is 1.05 bits per heavy atom. The first-order valence-electron chi connectivity index (χ1n) is 20.8. The fourth-order valence-electron chi connectivity index (χ4n) is 5.42. The zero-order valence-corrected chi connectivity index (χ0v) is 35.1. The molecule has 0 aromatic rings. The molecular formula is C47H76NO7+. The van der Waals surface area contributed by atoms with E-state index in [9.17, 15) is 19.5 Å². The first-order valence-corrected chi connectivity index (χ1v) is 20.8. The van der Waals surface area contributed by atoms with Gasteiger partial charge >= 0.3 is 17.9 Å². The molecule has 0 rings (SSSR count). The molecule has 0 saturated carbocycles. The number of aliphatic carboxylic acids is 1. The summed E-state index contributed by atoms with van der Waals surface area (Å²) in [7, 11) is 5.49. The number of rotatable bonds is 35. The lowest BCUT2D eigenvalue weighted by Gasteiger charge is -2.31. The minimum absolute atomic E-state index is 0.0325. The van der Waals surface area contributed by atoms with Gasteiger partial charge in [0.2, 0.25) is 0 Å². The summed E-state index contributed by atoms with van der Waals surface area (Å²) in [5.41, 5.74) is 0. The van der Waals surface area contributed by atoms with Crippen molar-refractivity contribution in [1.29, 1.82) is 0 Å². The summed E-state index contributed by atoms with van der Waals surface area (Å²) in [6.07, 6.45) is 48.8. The van der Waals surface area contributed by atoms with Crippen LogP contribution in [0.3, 0.4) is 0 Å². The first-order chi connectivity index (χ1) is 26.6. The largest absolute Gasteiger partial charge is 0.477 e. The predicted molar refractivity (Wildman–Crippen MR) is 229 cm³/mol. The highest BCUT2D eigenvalue weighted by atomic mass is 16.6. The van der Waals surface area contributed by atoms with Gasteiger partial charge in [-0.05, 0) is 64.2 Å². The Labute approximate surface area is 335 Å². The molecule has 0 radical (unpaired) electrons. The molecule has 0 aromatic carbocycles. The molecule has 0 heterocycles. The Morgan fingerprint density at radius 3 is 1.65 bits per heavy atom. The van der Waals surface area contributed by atoms with Crippen molar-refractivity contribution in [3.63, 3.8) is 0 Å². The van der Waals surface area contributed by atoms with Crippen LogP contribution in [-0.4, -0.2) is 80.6 Å². The fraction of sp³-hybridized carbons (Fsp3) is 0.596. The van der Waals surface area contributed by atoms with Crippen LogP contribution in [0.25, 0.3) is 0 Å². The van der Waals surface area contributed by atoms with Crippen molar-refractivity contribution in [3.05, 3.63) is 97.2 Å². The average molecular weight is 767 g/mol. The number of carbonyl (C=O) groups is 3. The van der Waals surface area contributed by atoms with Crippen molar-refractivity contribution in [2.75, 3.05) is 41.0 Å². The van der Waals surface area contributed by atoms with Gasteiger partial charge in [0.1, 0.15) is 6.61 Å². The van der Waals surface area contributed by atoms with Gasteiger partial charge in [0.05, 0.1) is 34.4 Å². The van der Waals surface area contributed by atoms with E-state index in [2.05, 4.69) is 62.5 Å². The van der Waals surface area contributed by atoms with E-state index in [-0.39, 0.29) is 42.7 Å². The second-order valence-corrected chi connectivity index (χ2v) is 14.6. The molecule has 0 aliphatic heterocycles. The highest BCUT2D eigenvalue weighted by Crippen LogP contribution is 2.12. The van der Waals surface area contributed by atoms with Crippen LogP contribution in [0.5, 0.6) is 0 Å². The number of likely N-dealkylation sites (N-methyl/N-ethyl adjacent to an activating group) is 1. The number of ether oxygens (including phenoxy) is 3. The average Bonchev–Trinajstić information content (AvgIpc) is 3.14. The van der Waals surface area contributed by atoms with Crippen molar-refractivity contribution in [3.8, 4) is 0 Å². The smallest absolute Gasteiger partial charge is 0.362 e. The fourth-order valence-corrected chi connectivity index (χ4v) is 5.42. The topological polar surface area (TPSA) is 99.1 Å². The number of esters is 2. The van der Waals surface area contributed by atoms with Gasteiger partial charge in [0.25, 0.3) is 0 Å². The van der Waals surface area contributed by atoms with Crippen LogP contribution >= 0.6 is 0 Å². The molecule has 310 valence electrons. The van der Waals surface area contributed by atoms with E-state index in [0.29, 0.717) is 19.3 Å². The number of carboxylic acid groups (broad SMARTS) is 1. The Bertz CT molecular complexity index is 1220. The highest BCUT2D eigenvalue weighted by molar-refractivity contribution is 5.72. The third-order valence-corrected chi connectivity index (χ3v) is 8.61. The molecule has 0 fully saturated rings. The third kappa shape index (κ3) is 35.7.